The van der Waals surface area contributed by atoms with E-state index in [2.05, 4.69) is 42.8 Å². The first-order valence-electron chi connectivity index (χ1n) is 4.89. The van der Waals surface area contributed by atoms with Gasteiger partial charge in [0.25, 0.3) is 0 Å². The first-order valence-corrected chi connectivity index (χ1v) is 6.66. The molecule has 0 aliphatic rings. The van der Waals surface area contributed by atoms with Crippen molar-refractivity contribution in [3.63, 3.8) is 0 Å². The molecule has 0 aromatic heterocycles. The van der Waals surface area contributed by atoms with Gasteiger partial charge < -0.3 is 4.74 Å². The highest BCUT2D eigenvalue weighted by Crippen LogP contribution is 2.32. The summed E-state index contributed by atoms with van der Waals surface area (Å²) >= 11 is 5.41. The fourth-order valence-electron chi connectivity index (χ4n) is 1.15. The fourth-order valence-corrected chi connectivity index (χ4v) is 2.38. The third-order valence-electron chi connectivity index (χ3n) is 1.90. The minimum absolute atomic E-state index is 0.285. The summed E-state index contributed by atoms with van der Waals surface area (Å²) < 4.78 is 6.72. The zero-order chi connectivity index (χ0) is 11.5. The minimum atomic E-state index is 0.285. The van der Waals surface area contributed by atoms with Gasteiger partial charge in [0.2, 0.25) is 0 Å². The average Bonchev–Trinajstić information content (AvgIpc) is 2.14. The van der Waals surface area contributed by atoms with Gasteiger partial charge in [-0.05, 0) is 18.2 Å². The van der Waals surface area contributed by atoms with Gasteiger partial charge >= 0.3 is 0 Å². The van der Waals surface area contributed by atoms with Crippen LogP contribution in [0.5, 0.6) is 5.75 Å². The van der Waals surface area contributed by atoms with Gasteiger partial charge in [-0.25, -0.2) is 0 Å². The van der Waals surface area contributed by atoms with Crippen LogP contribution < -0.4 is 4.74 Å². The molecule has 0 saturated carbocycles. The molecule has 15 heavy (non-hydrogen) atoms. The molecule has 0 bridgehead atoms. The summed E-state index contributed by atoms with van der Waals surface area (Å²) in [5, 5.41) is 0. The van der Waals surface area contributed by atoms with E-state index in [1.54, 1.807) is 7.11 Å². The van der Waals surface area contributed by atoms with Crippen LogP contribution in [0.2, 0.25) is 0 Å². The smallest absolute Gasteiger partial charge is 0.122 e. The molecule has 1 aromatic carbocycles. The van der Waals surface area contributed by atoms with E-state index in [4.69, 9.17) is 4.74 Å². The second-order valence-electron chi connectivity index (χ2n) is 4.36. The van der Waals surface area contributed by atoms with Gasteiger partial charge in [-0.2, -0.15) is 11.8 Å². The highest BCUT2D eigenvalue weighted by Gasteiger charge is 2.12. The van der Waals surface area contributed by atoms with Crippen molar-refractivity contribution in [2.45, 2.75) is 31.3 Å². The lowest BCUT2D eigenvalue weighted by molar-refractivity contribution is 0.411. The summed E-state index contributed by atoms with van der Waals surface area (Å²) in [5.74, 6) is 1.95. The van der Waals surface area contributed by atoms with Crippen LogP contribution in [0, 0.1) is 0 Å². The van der Waals surface area contributed by atoms with Crippen molar-refractivity contribution >= 4 is 27.7 Å². The molecule has 0 N–H and O–H groups in total. The summed E-state index contributed by atoms with van der Waals surface area (Å²) in [6, 6.07) is 6.13. The molecule has 0 amide bonds. The van der Waals surface area contributed by atoms with Crippen LogP contribution in [0.4, 0.5) is 0 Å². The van der Waals surface area contributed by atoms with Crippen LogP contribution >= 0.6 is 27.7 Å². The molecule has 0 heterocycles. The van der Waals surface area contributed by atoms with Crippen molar-refractivity contribution in [3.05, 3.63) is 28.2 Å². The second-order valence-corrected chi connectivity index (χ2v) is 7.07. The van der Waals surface area contributed by atoms with Gasteiger partial charge in [-0.15, -0.1) is 0 Å². The molecule has 1 nitrogen and oxygen atoms in total. The van der Waals surface area contributed by atoms with Gasteiger partial charge in [0, 0.05) is 20.5 Å². The lowest BCUT2D eigenvalue weighted by atomic mass is 10.2. The number of hydrogen-bond acceptors (Lipinski definition) is 2. The summed E-state index contributed by atoms with van der Waals surface area (Å²) in [7, 11) is 1.72. The molecular weight excluding hydrogens is 272 g/mol. The molecule has 0 saturated heterocycles. The second kappa shape index (κ2) is 5.26. The molecule has 84 valence electrons. The molecule has 0 aliphatic heterocycles. The first-order chi connectivity index (χ1) is 6.92. The number of hydrogen-bond donors (Lipinski definition) is 0. The predicted molar refractivity (Wildman–Crippen MR) is 71.7 cm³/mol. The quantitative estimate of drug-likeness (QED) is 0.811. The summed E-state index contributed by atoms with van der Waals surface area (Å²) in [6.07, 6.45) is 0. The molecule has 0 aliphatic carbocycles. The number of thioether (sulfide) groups is 1. The summed E-state index contributed by atoms with van der Waals surface area (Å²) in [6.45, 7) is 6.67. The molecule has 3 heteroatoms. The average molecular weight is 289 g/mol. The third-order valence-corrected chi connectivity index (χ3v) is 3.72. The van der Waals surface area contributed by atoms with Crippen LogP contribution in [0.3, 0.4) is 0 Å². The van der Waals surface area contributed by atoms with Crippen molar-refractivity contribution in [2.75, 3.05) is 7.11 Å². The van der Waals surface area contributed by atoms with E-state index in [0.717, 1.165) is 16.0 Å². The van der Waals surface area contributed by atoms with Gasteiger partial charge in [0.1, 0.15) is 5.75 Å². The Balaban J connectivity index is 2.79. The summed E-state index contributed by atoms with van der Waals surface area (Å²) in [4.78, 5) is 0. The van der Waals surface area contributed by atoms with E-state index >= 15 is 0 Å². The largest absolute Gasteiger partial charge is 0.496 e. The predicted octanol–water partition coefficient (Wildman–Crippen LogP) is 4.49. The first kappa shape index (κ1) is 12.9. The lowest BCUT2D eigenvalue weighted by Crippen LogP contribution is -2.07. The highest BCUT2D eigenvalue weighted by molar-refractivity contribution is 9.10. The number of benzene rings is 1. The maximum Gasteiger partial charge on any atom is 0.122 e. The van der Waals surface area contributed by atoms with E-state index in [1.807, 2.05) is 23.9 Å². The van der Waals surface area contributed by atoms with Crippen molar-refractivity contribution in [2.24, 2.45) is 0 Å². The Kier molecular flexibility index (Phi) is 4.53. The number of ether oxygens (including phenoxy) is 1. The Morgan fingerprint density at radius 2 is 2.00 bits per heavy atom. The standard InChI is InChI=1S/C12H17BrOS/c1-12(2,3)15-8-9-7-10(13)5-6-11(9)14-4/h5-7H,8H2,1-4H3. The van der Waals surface area contributed by atoms with Gasteiger partial charge in [-0.1, -0.05) is 36.7 Å². The van der Waals surface area contributed by atoms with E-state index in [1.165, 1.54) is 5.56 Å². The molecule has 0 unspecified atom stereocenters. The molecule has 0 fully saturated rings. The van der Waals surface area contributed by atoms with Gasteiger partial charge in [-0.3, -0.25) is 0 Å². The number of methoxy groups -OCH3 is 1. The zero-order valence-corrected chi connectivity index (χ0v) is 12.0. The van der Waals surface area contributed by atoms with E-state index in [0.29, 0.717) is 0 Å². The van der Waals surface area contributed by atoms with Crippen LogP contribution in [0.25, 0.3) is 0 Å². The Morgan fingerprint density at radius 3 is 2.53 bits per heavy atom. The van der Waals surface area contributed by atoms with E-state index in [9.17, 15) is 0 Å². The molecule has 1 rings (SSSR count). The molecule has 1 aromatic rings. The van der Waals surface area contributed by atoms with Crippen molar-refractivity contribution in [1.82, 2.24) is 0 Å². The van der Waals surface area contributed by atoms with Crippen LogP contribution in [0.1, 0.15) is 26.3 Å². The van der Waals surface area contributed by atoms with Gasteiger partial charge in [0.15, 0.2) is 0 Å². The van der Waals surface area contributed by atoms with Crippen molar-refractivity contribution < 1.29 is 4.74 Å². The topological polar surface area (TPSA) is 9.23 Å². The highest BCUT2D eigenvalue weighted by atomic mass is 79.9. The zero-order valence-electron chi connectivity index (χ0n) is 9.63. The van der Waals surface area contributed by atoms with Gasteiger partial charge in [0.05, 0.1) is 7.11 Å². The monoisotopic (exact) mass is 288 g/mol. The number of halogens is 1. The molecule has 0 spiro atoms. The normalized spacial score (nSPS) is 11.5. The van der Waals surface area contributed by atoms with Crippen molar-refractivity contribution in [3.8, 4) is 5.75 Å². The van der Waals surface area contributed by atoms with Crippen molar-refractivity contribution in [1.29, 1.82) is 0 Å². The Bertz CT molecular complexity index is 331. The SMILES string of the molecule is COc1ccc(Br)cc1CSC(C)(C)C. The van der Waals surface area contributed by atoms with E-state index in [-0.39, 0.29) is 4.75 Å². The molecule has 0 radical (unpaired) electrons. The van der Waals surface area contributed by atoms with Crippen LogP contribution in [-0.4, -0.2) is 11.9 Å². The Labute approximate surface area is 105 Å². The van der Waals surface area contributed by atoms with Crippen LogP contribution in [0.15, 0.2) is 22.7 Å². The third kappa shape index (κ3) is 4.47. The fraction of sp³-hybridized carbons (Fsp3) is 0.500. The Morgan fingerprint density at radius 1 is 1.33 bits per heavy atom. The minimum Gasteiger partial charge on any atom is -0.496 e. The molecule has 0 atom stereocenters. The number of rotatable bonds is 3. The Hall–Kier alpha value is -0.150. The van der Waals surface area contributed by atoms with E-state index < -0.39 is 0 Å². The molecular formula is C12H17BrOS. The van der Waals surface area contributed by atoms with Crippen LogP contribution in [-0.2, 0) is 5.75 Å². The lowest BCUT2D eigenvalue weighted by Gasteiger charge is -2.18. The summed E-state index contributed by atoms with van der Waals surface area (Å²) in [5.41, 5.74) is 1.24. The maximum atomic E-state index is 5.33. The maximum absolute atomic E-state index is 5.33.